The first-order valence-corrected chi connectivity index (χ1v) is 9.02. The highest BCUT2D eigenvalue weighted by atomic mass is 19.1. The average Bonchev–Trinajstić information content (AvgIpc) is 2.58. The monoisotopic (exact) mass is 377 g/mol. The van der Waals surface area contributed by atoms with E-state index in [1.165, 1.54) is 25.3 Å². The molecule has 1 aromatic carbocycles. The number of carbonyl (C=O) groups is 2. The van der Waals surface area contributed by atoms with E-state index < -0.39 is 5.82 Å². The summed E-state index contributed by atoms with van der Waals surface area (Å²) in [5.41, 5.74) is 0.347. The minimum atomic E-state index is -0.464. The molecule has 6 nitrogen and oxygen atoms in total. The van der Waals surface area contributed by atoms with Crippen LogP contribution in [-0.2, 0) is 9.59 Å². The maximum atomic E-state index is 13.7. The van der Waals surface area contributed by atoms with Crippen molar-refractivity contribution in [3.05, 3.63) is 35.7 Å². The third kappa shape index (κ3) is 6.67. The largest absolute Gasteiger partial charge is 0.494 e. The van der Waals surface area contributed by atoms with E-state index in [1.54, 1.807) is 17.0 Å². The number of ether oxygens (including phenoxy) is 1. The number of hydrogen-bond donors (Lipinski definition) is 1. The molecule has 1 aromatic rings. The van der Waals surface area contributed by atoms with Gasteiger partial charge >= 0.3 is 0 Å². The van der Waals surface area contributed by atoms with E-state index in [2.05, 4.69) is 5.32 Å². The predicted molar refractivity (Wildman–Crippen MR) is 103 cm³/mol. The van der Waals surface area contributed by atoms with Gasteiger partial charge in [0.15, 0.2) is 11.6 Å². The molecule has 1 aliphatic rings. The van der Waals surface area contributed by atoms with Crippen molar-refractivity contribution >= 4 is 17.9 Å². The first-order valence-electron chi connectivity index (χ1n) is 9.02. The SMILES string of the molecule is COc1ccc(/C=C/C(=O)N2CCN(CC(=O)NC(C)(C)C)CC2)cc1F. The summed E-state index contributed by atoms with van der Waals surface area (Å²) in [5, 5.41) is 2.94. The number of methoxy groups -OCH3 is 1. The van der Waals surface area contributed by atoms with E-state index in [1.807, 2.05) is 25.7 Å². The van der Waals surface area contributed by atoms with Gasteiger partial charge in [-0.3, -0.25) is 14.5 Å². The molecule has 0 spiro atoms. The van der Waals surface area contributed by atoms with E-state index in [-0.39, 0.29) is 23.1 Å². The Balaban J connectivity index is 1.82. The lowest BCUT2D eigenvalue weighted by Gasteiger charge is -2.34. The minimum absolute atomic E-state index is 0.0105. The molecule has 1 aliphatic heterocycles. The number of amides is 2. The highest BCUT2D eigenvalue weighted by molar-refractivity contribution is 5.91. The van der Waals surface area contributed by atoms with Crippen molar-refractivity contribution < 1.29 is 18.7 Å². The standard InChI is InChI=1S/C20H28FN3O3/c1-20(2,3)22-18(25)14-23-9-11-24(12-10-23)19(26)8-6-15-5-7-17(27-4)16(21)13-15/h5-8,13H,9-12,14H2,1-4H3,(H,22,25)/b8-6+. The van der Waals surface area contributed by atoms with Gasteiger partial charge in [0, 0.05) is 37.8 Å². The van der Waals surface area contributed by atoms with Crippen molar-refractivity contribution in [2.24, 2.45) is 0 Å². The van der Waals surface area contributed by atoms with E-state index in [0.29, 0.717) is 38.3 Å². The topological polar surface area (TPSA) is 61.9 Å². The van der Waals surface area contributed by atoms with Gasteiger partial charge in [0.1, 0.15) is 0 Å². The number of hydrogen-bond acceptors (Lipinski definition) is 4. The van der Waals surface area contributed by atoms with Crippen LogP contribution in [0.25, 0.3) is 6.08 Å². The molecule has 0 aliphatic carbocycles. The summed E-state index contributed by atoms with van der Waals surface area (Å²) in [6.07, 6.45) is 3.04. The van der Waals surface area contributed by atoms with E-state index in [0.717, 1.165) is 0 Å². The number of nitrogens with one attached hydrogen (secondary N) is 1. The molecule has 0 bridgehead atoms. The summed E-state index contributed by atoms with van der Waals surface area (Å²) in [5.74, 6) is -0.423. The Morgan fingerprint density at radius 3 is 2.44 bits per heavy atom. The Morgan fingerprint density at radius 2 is 1.89 bits per heavy atom. The third-order valence-electron chi connectivity index (χ3n) is 4.16. The normalized spacial score (nSPS) is 15.8. The second kappa shape index (κ2) is 8.99. The van der Waals surface area contributed by atoms with Gasteiger partial charge in [0.25, 0.3) is 0 Å². The summed E-state index contributed by atoms with van der Waals surface area (Å²) in [7, 11) is 1.41. The fourth-order valence-electron chi connectivity index (χ4n) is 2.85. The van der Waals surface area contributed by atoms with Gasteiger partial charge < -0.3 is 15.0 Å². The van der Waals surface area contributed by atoms with E-state index >= 15 is 0 Å². The maximum absolute atomic E-state index is 13.7. The maximum Gasteiger partial charge on any atom is 0.246 e. The zero-order valence-electron chi connectivity index (χ0n) is 16.4. The molecule has 148 valence electrons. The molecule has 0 unspecified atom stereocenters. The Labute approximate surface area is 160 Å². The Kier molecular flexibility index (Phi) is 6.96. The molecule has 1 N–H and O–H groups in total. The van der Waals surface area contributed by atoms with Crippen LogP contribution in [0.15, 0.2) is 24.3 Å². The fourth-order valence-corrected chi connectivity index (χ4v) is 2.85. The Bertz CT molecular complexity index is 705. The molecule has 2 rings (SSSR count). The van der Waals surface area contributed by atoms with Crippen LogP contribution in [0.5, 0.6) is 5.75 Å². The number of rotatable bonds is 5. The van der Waals surface area contributed by atoms with Crippen molar-refractivity contribution in [3.63, 3.8) is 0 Å². The highest BCUT2D eigenvalue weighted by Gasteiger charge is 2.22. The molecule has 1 saturated heterocycles. The molecular weight excluding hydrogens is 349 g/mol. The lowest BCUT2D eigenvalue weighted by atomic mass is 10.1. The van der Waals surface area contributed by atoms with Crippen LogP contribution in [0.2, 0.25) is 0 Å². The van der Waals surface area contributed by atoms with Gasteiger partial charge in [-0.1, -0.05) is 6.07 Å². The van der Waals surface area contributed by atoms with Gasteiger partial charge in [0.2, 0.25) is 11.8 Å². The van der Waals surface area contributed by atoms with Crippen LogP contribution < -0.4 is 10.1 Å². The molecule has 1 fully saturated rings. The van der Waals surface area contributed by atoms with Crippen molar-refractivity contribution in [1.82, 2.24) is 15.1 Å². The van der Waals surface area contributed by atoms with Crippen LogP contribution in [0.3, 0.4) is 0 Å². The molecule has 1 heterocycles. The van der Waals surface area contributed by atoms with Crippen molar-refractivity contribution in [1.29, 1.82) is 0 Å². The first-order chi connectivity index (χ1) is 12.7. The first kappa shape index (κ1) is 20.9. The molecular formula is C20H28FN3O3. The second-order valence-corrected chi connectivity index (χ2v) is 7.63. The minimum Gasteiger partial charge on any atom is -0.494 e. The number of benzene rings is 1. The average molecular weight is 377 g/mol. The summed E-state index contributed by atoms with van der Waals surface area (Å²) in [6.45, 7) is 8.59. The van der Waals surface area contributed by atoms with E-state index in [4.69, 9.17) is 4.74 Å². The molecule has 0 saturated carbocycles. The van der Waals surface area contributed by atoms with Crippen LogP contribution in [0.1, 0.15) is 26.3 Å². The summed E-state index contributed by atoms with van der Waals surface area (Å²) in [4.78, 5) is 28.1. The third-order valence-corrected chi connectivity index (χ3v) is 4.16. The van der Waals surface area contributed by atoms with Gasteiger partial charge in [-0.15, -0.1) is 0 Å². The van der Waals surface area contributed by atoms with Crippen molar-refractivity contribution in [2.45, 2.75) is 26.3 Å². The smallest absolute Gasteiger partial charge is 0.246 e. The van der Waals surface area contributed by atoms with Crippen molar-refractivity contribution in [3.8, 4) is 5.75 Å². The van der Waals surface area contributed by atoms with Gasteiger partial charge in [-0.2, -0.15) is 0 Å². The molecule has 27 heavy (non-hydrogen) atoms. The highest BCUT2D eigenvalue weighted by Crippen LogP contribution is 2.18. The fraction of sp³-hybridized carbons (Fsp3) is 0.500. The summed E-state index contributed by atoms with van der Waals surface area (Å²) < 4.78 is 18.6. The Hall–Kier alpha value is -2.41. The molecule has 0 aromatic heterocycles. The van der Waals surface area contributed by atoms with E-state index in [9.17, 15) is 14.0 Å². The molecule has 0 atom stereocenters. The lowest BCUT2D eigenvalue weighted by molar-refractivity contribution is -0.128. The van der Waals surface area contributed by atoms with Gasteiger partial charge in [-0.25, -0.2) is 4.39 Å². The lowest BCUT2D eigenvalue weighted by Crippen LogP contribution is -2.52. The summed E-state index contributed by atoms with van der Waals surface area (Å²) >= 11 is 0. The summed E-state index contributed by atoms with van der Waals surface area (Å²) in [6, 6.07) is 4.55. The number of halogens is 1. The predicted octanol–water partition coefficient (Wildman–Crippen LogP) is 1.91. The second-order valence-electron chi connectivity index (χ2n) is 7.63. The van der Waals surface area contributed by atoms with Crippen LogP contribution in [0.4, 0.5) is 4.39 Å². The van der Waals surface area contributed by atoms with Gasteiger partial charge in [0.05, 0.1) is 13.7 Å². The quantitative estimate of drug-likeness (QED) is 0.797. The number of carbonyl (C=O) groups excluding carboxylic acids is 2. The Morgan fingerprint density at radius 1 is 1.22 bits per heavy atom. The molecule has 0 radical (unpaired) electrons. The number of piperazine rings is 1. The van der Waals surface area contributed by atoms with Crippen LogP contribution in [0, 0.1) is 5.82 Å². The van der Waals surface area contributed by atoms with Crippen molar-refractivity contribution in [2.75, 3.05) is 39.8 Å². The number of nitrogens with zero attached hydrogens (tertiary/aromatic N) is 2. The zero-order chi connectivity index (χ0) is 20.0. The van der Waals surface area contributed by atoms with Crippen LogP contribution >= 0.6 is 0 Å². The molecule has 7 heteroatoms. The van der Waals surface area contributed by atoms with Crippen LogP contribution in [-0.4, -0.2) is 67.0 Å². The van der Waals surface area contributed by atoms with Gasteiger partial charge in [-0.05, 0) is 44.5 Å². The molecule has 2 amide bonds. The zero-order valence-corrected chi connectivity index (χ0v) is 16.4.